The first-order chi connectivity index (χ1) is 10.5. The van der Waals surface area contributed by atoms with E-state index in [0.29, 0.717) is 6.54 Å². The van der Waals surface area contributed by atoms with Crippen molar-refractivity contribution in [3.05, 3.63) is 29.3 Å². The highest BCUT2D eigenvalue weighted by molar-refractivity contribution is 7.18. The van der Waals surface area contributed by atoms with E-state index in [9.17, 15) is 14.4 Å². The molecule has 7 heteroatoms. The molecular weight excluding hydrogens is 302 g/mol. The molecule has 2 heterocycles. The summed E-state index contributed by atoms with van der Waals surface area (Å²) in [6, 6.07) is 7.79. The Labute approximate surface area is 131 Å². The number of amides is 3. The fourth-order valence-corrected chi connectivity index (χ4v) is 3.35. The maximum absolute atomic E-state index is 12.2. The van der Waals surface area contributed by atoms with Crippen LogP contribution in [0.4, 0.5) is 0 Å². The minimum absolute atomic E-state index is 0.181. The third-order valence-corrected chi connectivity index (χ3v) is 4.61. The first-order valence-electron chi connectivity index (χ1n) is 6.96. The largest absolute Gasteiger partial charge is 0.337 e. The van der Waals surface area contributed by atoms with Crippen molar-refractivity contribution in [3.63, 3.8) is 0 Å². The van der Waals surface area contributed by atoms with Crippen molar-refractivity contribution in [2.45, 2.75) is 19.4 Å². The van der Waals surface area contributed by atoms with Crippen LogP contribution in [0.3, 0.4) is 0 Å². The Morgan fingerprint density at radius 1 is 1.27 bits per heavy atom. The molecule has 2 aromatic rings. The molecule has 22 heavy (non-hydrogen) atoms. The van der Waals surface area contributed by atoms with Crippen LogP contribution in [0.25, 0.3) is 10.2 Å². The van der Waals surface area contributed by atoms with Crippen LogP contribution in [-0.4, -0.2) is 46.1 Å². The Morgan fingerprint density at radius 2 is 1.95 bits per heavy atom. The van der Waals surface area contributed by atoms with Gasteiger partial charge in [0.05, 0.1) is 16.8 Å². The first kappa shape index (κ1) is 14.6. The van der Waals surface area contributed by atoms with Crippen molar-refractivity contribution in [1.82, 2.24) is 14.8 Å². The highest BCUT2D eigenvalue weighted by Crippen LogP contribution is 2.22. The highest BCUT2D eigenvalue weighted by atomic mass is 32.1. The van der Waals surface area contributed by atoms with Gasteiger partial charge in [-0.15, -0.1) is 11.3 Å². The molecule has 1 aromatic heterocycles. The lowest BCUT2D eigenvalue weighted by atomic mass is 10.3. The molecule has 1 fully saturated rings. The van der Waals surface area contributed by atoms with E-state index in [2.05, 4.69) is 4.98 Å². The number of rotatable bonds is 4. The van der Waals surface area contributed by atoms with Gasteiger partial charge in [0.25, 0.3) is 0 Å². The molecular formula is C15H15N3O3S. The van der Waals surface area contributed by atoms with E-state index in [4.69, 9.17) is 0 Å². The van der Waals surface area contributed by atoms with Gasteiger partial charge in [0, 0.05) is 19.9 Å². The van der Waals surface area contributed by atoms with Gasteiger partial charge in [0.2, 0.25) is 17.7 Å². The standard InChI is InChI=1S/C15H15N3O3S/c1-17(15(21)9-18-13(19)6-7-14(18)20)8-12-16-10-4-2-3-5-11(10)22-12/h2-5H,6-9H2,1H3. The Bertz CT molecular complexity index is 706. The van der Waals surface area contributed by atoms with Crippen LogP contribution in [0.15, 0.2) is 24.3 Å². The molecule has 0 aliphatic carbocycles. The Hall–Kier alpha value is -2.28. The zero-order valence-corrected chi connectivity index (χ0v) is 12.9. The van der Waals surface area contributed by atoms with E-state index in [1.807, 2.05) is 24.3 Å². The summed E-state index contributed by atoms with van der Waals surface area (Å²) in [5.41, 5.74) is 0.910. The Balaban J connectivity index is 1.65. The number of likely N-dealkylation sites (N-methyl/N-ethyl adjacent to an activating group) is 1. The number of nitrogens with zero attached hydrogens (tertiary/aromatic N) is 3. The molecule has 0 saturated carbocycles. The second-order valence-electron chi connectivity index (χ2n) is 5.20. The molecule has 0 spiro atoms. The fourth-order valence-electron chi connectivity index (χ4n) is 2.33. The average molecular weight is 317 g/mol. The minimum atomic E-state index is -0.272. The number of imide groups is 1. The van der Waals surface area contributed by atoms with Crippen molar-refractivity contribution in [2.75, 3.05) is 13.6 Å². The SMILES string of the molecule is CN(Cc1nc2ccccc2s1)C(=O)CN1C(=O)CCC1=O. The molecule has 3 amide bonds. The van der Waals surface area contributed by atoms with Gasteiger partial charge in [-0.1, -0.05) is 12.1 Å². The lowest BCUT2D eigenvalue weighted by Gasteiger charge is -2.19. The van der Waals surface area contributed by atoms with Gasteiger partial charge in [0.15, 0.2) is 0 Å². The van der Waals surface area contributed by atoms with Gasteiger partial charge in [0.1, 0.15) is 11.6 Å². The number of fused-ring (bicyclic) bond motifs is 1. The number of thiazole rings is 1. The second-order valence-corrected chi connectivity index (χ2v) is 6.31. The van der Waals surface area contributed by atoms with E-state index in [0.717, 1.165) is 20.1 Å². The van der Waals surface area contributed by atoms with Gasteiger partial charge in [-0.05, 0) is 12.1 Å². The molecule has 0 unspecified atom stereocenters. The number of para-hydroxylation sites is 1. The summed E-state index contributed by atoms with van der Waals surface area (Å²) in [4.78, 5) is 42.3. The summed E-state index contributed by atoms with van der Waals surface area (Å²) in [7, 11) is 1.65. The molecule has 3 rings (SSSR count). The first-order valence-corrected chi connectivity index (χ1v) is 7.78. The van der Waals surface area contributed by atoms with E-state index in [1.165, 1.54) is 16.2 Å². The van der Waals surface area contributed by atoms with Crippen molar-refractivity contribution in [2.24, 2.45) is 0 Å². The summed E-state index contributed by atoms with van der Waals surface area (Å²) >= 11 is 1.53. The summed E-state index contributed by atoms with van der Waals surface area (Å²) in [5, 5.41) is 0.830. The summed E-state index contributed by atoms with van der Waals surface area (Å²) in [6.45, 7) is 0.188. The molecule has 0 N–H and O–H groups in total. The number of likely N-dealkylation sites (tertiary alicyclic amines) is 1. The van der Waals surface area contributed by atoms with Crippen LogP contribution in [0.2, 0.25) is 0 Å². The van der Waals surface area contributed by atoms with Crippen molar-refractivity contribution in [3.8, 4) is 0 Å². The smallest absolute Gasteiger partial charge is 0.242 e. The third kappa shape index (κ3) is 2.85. The molecule has 6 nitrogen and oxygen atoms in total. The fraction of sp³-hybridized carbons (Fsp3) is 0.333. The van der Waals surface area contributed by atoms with Gasteiger partial charge in [-0.25, -0.2) is 4.98 Å². The van der Waals surface area contributed by atoms with Crippen molar-refractivity contribution >= 4 is 39.3 Å². The molecule has 0 atom stereocenters. The highest BCUT2D eigenvalue weighted by Gasteiger charge is 2.31. The molecule has 1 saturated heterocycles. The summed E-state index contributed by atoms with van der Waals surface area (Å²) < 4.78 is 1.07. The summed E-state index contributed by atoms with van der Waals surface area (Å²) in [6.07, 6.45) is 0.404. The zero-order valence-electron chi connectivity index (χ0n) is 12.1. The predicted octanol–water partition coefficient (Wildman–Crippen LogP) is 1.40. The predicted molar refractivity (Wildman–Crippen MR) is 82.0 cm³/mol. The monoisotopic (exact) mass is 317 g/mol. The van der Waals surface area contributed by atoms with Gasteiger partial charge < -0.3 is 4.90 Å². The molecule has 114 valence electrons. The second kappa shape index (κ2) is 5.84. The number of carbonyl (C=O) groups is 3. The topological polar surface area (TPSA) is 70.6 Å². The molecule has 0 bridgehead atoms. The Morgan fingerprint density at radius 3 is 2.64 bits per heavy atom. The lowest BCUT2D eigenvalue weighted by Crippen LogP contribution is -2.40. The molecule has 1 aliphatic heterocycles. The van der Waals surface area contributed by atoms with Gasteiger partial charge in [-0.3, -0.25) is 19.3 Å². The lowest BCUT2D eigenvalue weighted by molar-refractivity contribution is -0.145. The van der Waals surface area contributed by atoms with Crippen LogP contribution in [0.5, 0.6) is 0 Å². The maximum atomic E-state index is 12.2. The number of carbonyl (C=O) groups excluding carboxylic acids is 3. The quantitative estimate of drug-likeness (QED) is 0.799. The van der Waals surface area contributed by atoms with E-state index in [-0.39, 0.29) is 37.1 Å². The molecule has 1 aromatic carbocycles. The molecule has 0 radical (unpaired) electrons. The van der Waals surface area contributed by atoms with Crippen molar-refractivity contribution < 1.29 is 14.4 Å². The van der Waals surface area contributed by atoms with E-state index >= 15 is 0 Å². The number of hydrogen-bond acceptors (Lipinski definition) is 5. The van der Waals surface area contributed by atoms with Crippen LogP contribution >= 0.6 is 11.3 Å². The van der Waals surface area contributed by atoms with Gasteiger partial charge in [-0.2, -0.15) is 0 Å². The summed E-state index contributed by atoms with van der Waals surface area (Å²) in [5.74, 6) is -0.804. The number of hydrogen-bond donors (Lipinski definition) is 0. The average Bonchev–Trinajstić information content (AvgIpc) is 3.04. The normalized spacial score (nSPS) is 14.9. The zero-order chi connectivity index (χ0) is 15.7. The van der Waals surface area contributed by atoms with Crippen LogP contribution in [0.1, 0.15) is 17.8 Å². The van der Waals surface area contributed by atoms with Crippen LogP contribution in [0, 0.1) is 0 Å². The third-order valence-electron chi connectivity index (χ3n) is 3.58. The van der Waals surface area contributed by atoms with Crippen molar-refractivity contribution in [1.29, 1.82) is 0 Å². The molecule has 1 aliphatic rings. The van der Waals surface area contributed by atoms with E-state index in [1.54, 1.807) is 7.05 Å². The number of benzene rings is 1. The number of aromatic nitrogens is 1. The van der Waals surface area contributed by atoms with Gasteiger partial charge >= 0.3 is 0 Å². The van der Waals surface area contributed by atoms with Crippen LogP contribution < -0.4 is 0 Å². The minimum Gasteiger partial charge on any atom is -0.337 e. The van der Waals surface area contributed by atoms with E-state index < -0.39 is 0 Å². The van der Waals surface area contributed by atoms with Crippen LogP contribution in [-0.2, 0) is 20.9 Å². The Kier molecular flexibility index (Phi) is 3.89. The maximum Gasteiger partial charge on any atom is 0.242 e.